The highest BCUT2D eigenvalue weighted by Gasteiger charge is 2.41. The molecule has 0 bridgehead atoms. The predicted octanol–water partition coefficient (Wildman–Crippen LogP) is 2.92. The van der Waals surface area contributed by atoms with Crippen molar-refractivity contribution >= 4 is 12.2 Å². The molecule has 0 saturated carbocycles. The molecule has 0 unspecified atom stereocenters. The van der Waals surface area contributed by atoms with Crippen LogP contribution in [-0.2, 0) is 10.8 Å². The highest BCUT2D eigenvalue weighted by Crippen LogP contribution is 2.50. The van der Waals surface area contributed by atoms with Gasteiger partial charge in [-0.15, -0.1) is 0 Å². The molecular formula is C15H20N2O4. The third-order valence-electron chi connectivity index (χ3n) is 3.82. The van der Waals surface area contributed by atoms with E-state index >= 15 is 0 Å². The molecule has 0 spiro atoms. The molecule has 0 radical (unpaired) electrons. The molecule has 0 fully saturated rings. The van der Waals surface area contributed by atoms with Crippen LogP contribution in [0.2, 0.25) is 0 Å². The molecule has 0 saturated heterocycles. The van der Waals surface area contributed by atoms with Crippen molar-refractivity contribution in [3.63, 3.8) is 0 Å². The zero-order chi connectivity index (χ0) is 15.8. The second-order valence-electron chi connectivity index (χ2n) is 6.60. The Morgan fingerprint density at radius 3 is 2.33 bits per heavy atom. The number of hydrogen-bond acceptors (Lipinski definition) is 3. The molecule has 114 valence electrons. The van der Waals surface area contributed by atoms with Crippen molar-refractivity contribution in [2.75, 3.05) is 0 Å². The van der Waals surface area contributed by atoms with Gasteiger partial charge in [0.2, 0.25) is 0 Å². The van der Waals surface area contributed by atoms with Gasteiger partial charge in [0.25, 0.3) is 0 Å². The van der Waals surface area contributed by atoms with Crippen LogP contribution >= 0.6 is 0 Å². The third kappa shape index (κ3) is 3.09. The molecule has 6 nitrogen and oxygen atoms in total. The molecule has 2 amide bonds. The first-order valence-corrected chi connectivity index (χ1v) is 6.74. The number of nitrogens with one attached hydrogen (secondary N) is 2. The van der Waals surface area contributed by atoms with E-state index in [4.69, 9.17) is 9.84 Å². The first kappa shape index (κ1) is 15.2. The minimum atomic E-state index is -1.36. The fourth-order valence-corrected chi connectivity index (χ4v) is 3.27. The summed E-state index contributed by atoms with van der Waals surface area (Å²) in [5, 5.41) is 8.40. The van der Waals surface area contributed by atoms with Gasteiger partial charge in [-0.2, -0.15) is 0 Å². The highest BCUT2D eigenvalue weighted by atomic mass is 16.6. The maximum Gasteiger partial charge on any atom is 0.431 e. The van der Waals surface area contributed by atoms with E-state index in [9.17, 15) is 9.59 Å². The third-order valence-corrected chi connectivity index (χ3v) is 3.82. The Labute approximate surface area is 123 Å². The molecule has 21 heavy (non-hydrogen) atoms. The topological polar surface area (TPSA) is 87.7 Å². The predicted molar refractivity (Wildman–Crippen MR) is 77.4 cm³/mol. The number of carboxylic acid groups (broad SMARTS) is 1. The Bertz CT molecular complexity index is 593. The molecule has 1 aliphatic rings. The minimum Gasteiger partial charge on any atom is -0.464 e. The maximum absolute atomic E-state index is 11.4. The molecule has 0 atom stereocenters. The second kappa shape index (κ2) is 4.95. The summed E-state index contributed by atoms with van der Waals surface area (Å²) < 4.78 is 5.08. The first-order chi connectivity index (χ1) is 9.62. The van der Waals surface area contributed by atoms with Gasteiger partial charge in [0, 0.05) is 0 Å². The summed E-state index contributed by atoms with van der Waals surface area (Å²) in [4.78, 5) is 21.7. The number of hydrazine groups is 1. The molecule has 0 aliphatic heterocycles. The lowest BCUT2D eigenvalue weighted by Crippen LogP contribution is -2.42. The van der Waals surface area contributed by atoms with Crippen LogP contribution in [0.1, 0.15) is 45.2 Å². The molecule has 6 heteroatoms. The monoisotopic (exact) mass is 292 g/mol. The summed E-state index contributed by atoms with van der Waals surface area (Å²) in [6, 6.07) is 5.55. The van der Waals surface area contributed by atoms with Crippen LogP contribution in [0.4, 0.5) is 9.59 Å². The van der Waals surface area contributed by atoms with E-state index in [1.807, 2.05) is 17.6 Å². The average Bonchev–Trinajstić information content (AvgIpc) is 2.52. The van der Waals surface area contributed by atoms with E-state index in [0.29, 0.717) is 5.75 Å². The maximum atomic E-state index is 11.4. The summed E-state index contributed by atoms with van der Waals surface area (Å²) >= 11 is 0. The van der Waals surface area contributed by atoms with Crippen molar-refractivity contribution in [3.05, 3.63) is 29.3 Å². The lowest BCUT2D eigenvalue weighted by atomic mass is 9.82. The number of benzene rings is 1. The smallest absolute Gasteiger partial charge is 0.431 e. The molecule has 3 N–H and O–H groups in total. The Morgan fingerprint density at radius 2 is 1.71 bits per heavy atom. The zero-order valence-electron chi connectivity index (χ0n) is 12.6. The van der Waals surface area contributed by atoms with Crippen LogP contribution in [0.15, 0.2) is 18.2 Å². The molecular weight excluding hydrogens is 272 g/mol. The van der Waals surface area contributed by atoms with E-state index in [0.717, 1.165) is 12.0 Å². The lowest BCUT2D eigenvalue weighted by Gasteiger charge is -2.22. The number of carbonyl (C=O) groups is 2. The van der Waals surface area contributed by atoms with Crippen LogP contribution in [0.3, 0.4) is 0 Å². The van der Waals surface area contributed by atoms with Crippen LogP contribution in [0.25, 0.3) is 0 Å². The second-order valence-corrected chi connectivity index (χ2v) is 6.60. The zero-order valence-corrected chi connectivity index (χ0v) is 12.6. The van der Waals surface area contributed by atoms with Crippen molar-refractivity contribution in [3.8, 4) is 5.75 Å². The Hall–Kier alpha value is -2.24. The van der Waals surface area contributed by atoms with Gasteiger partial charge in [-0.05, 0) is 40.5 Å². The standard InChI is InChI=1S/C15H20N2O4/c1-14(2)8-15(3,4)11-7-9(5-6-10(11)14)21-13(20)17-16-12(18)19/h5-7,16H,8H2,1-4H3,(H,17,20)(H,18,19). The van der Waals surface area contributed by atoms with E-state index in [1.165, 1.54) is 5.56 Å². The fourth-order valence-electron chi connectivity index (χ4n) is 3.27. The number of carbonyl (C=O) groups excluding carboxylic acids is 1. The molecule has 1 aliphatic carbocycles. The molecule has 0 aromatic heterocycles. The molecule has 2 rings (SSSR count). The van der Waals surface area contributed by atoms with Crippen molar-refractivity contribution < 1.29 is 19.4 Å². The number of hydrogen-bond donors (Lipinski definition) is 3. The number of fused-ring (bicyclic) bond motifs is 1. The quantitative estimate of drug-likeness (QED) is 0.694. The van der Waals surface area contributed by atoms with Gasteiger partial charge in [0.05, 0.1) is 0 Å². The normalized spacial score (nSPS) is 17.7. The van der Waals surface area contributed by atoms with E-state index in [1.54, 1.807) is 11.5 Å². The van der Waals surface area contributed by atoms with Gasteiger partial charge >= 0.3 is 12.2 Å². The number of ether oxygens (including phenoxy) is 1. The Balaban J connectivity index is 2.19. The molecule has 0 heterocycles. The van der Waals surface area contributed by atoms with E-state index in [2.05, 4.69) is 27.7 Å². The van der Waals surface area contributed by atoms with Gasteiger partial charge in [0.15, 0.2) is 0 Å². The fraction of sp³-hybridized carbons (Fsp3) is 0.467. The SMILES string of the molecule is CC1(C)CC(C)(C)c2cc(OC(=O)NNC(=O)O)ccc21. The van der Waals surface area contributed by atoms with Crippen LogP contribution in [0, 0.1) is 0 Å². The van der Waals surface area contributed by atoms with Gasteiger partial charge in [-0.1, -0.05) is 33.8 Å². The van der Waals surface area contributed by atoms with Crippen molar-refractivity contribution in [1.29, 1.82) is 0 Å². The molecule has 1 aromatic rings. The number of rotatable bonds is 1. The Kier molecular flexibility index (Phi) is 3.57. The van der Waals surface area contributed by atoms with Crippen LogP contribution in [0.5, 0.6) is 5.75 Å². The number of amides is 2. The van der Waals surface area contributed by atoms with Gasteiger partial charge in [0.1, 0.15) is 5.75 Å². The van der Waals surface area contributed by atoms with Crippen molar-refractivity contribution in [2.45, 2.75) is 44.9 Å². The van der Waals surface area contributed by atoms with Crippen molar-refractivity contribution in [1.82, 2.24) is 10.9 Å². The molecule has 1 aromatic carbocycles. The average molecular weight is 292 g/mol. The minimum absolute atomic E-state index is 0.00793. The summed E-state index contributed by atoms with van der Waals surface area (Å²) in [7, 11) is 0. The Morgan fingerprint density at radius 1 is 1.10 bits per heavy atom. The first-order valence-electron chi connectivity index (χ1n) is 6.74. The summed E-state index contributed by atoms with van der Waals surface area (Å²) in [6.07, 6.45) is -1.21. The summed E-state index contributed by atoms with van der Waals surface area (Å²) in [5.41, 5.74) is 6.17. The van der Waals surface area contributed by atoms with E-state index in [-0.39, 0.29) is 10.8 Å². The van der Waals surface area contributed by atoms with E-state index < -0.39 is 12.2 Å². The lowest BCUT2D eigenvalue weighted by molar-refractivity contribution is 0.175. The van der Waals surface area contributed by atoms with Crippen LogP contribution in [-0.4, -0.2) is 17.3 Å². The van der Waals surface area contributed by atoms with Gasteiger partial charge < -0.3 is 9.84 Å². The van der Waals surface area contributed by atoms with Gasteiger partial charge in [-0.3, -0.25) is 0 Å². The largest absolute Gasteiger partial charge is 0.464 e. The van der Waals surface area contributed by atoms with Gasteiger partial charge in [-0.25, -0.2) is 20.4 Å². The van der Waals surface area contributed by atoms with Crippen LogP contribution < -0.4 is 15.6 Å². The van der Waals surface area contributed by atoms with Crippen molar-refractivity contribution in [2.24, 2.45) is 0 Å². The highest BCUT2D eigenvalue weighted by molar-refractivity contribution is 5.74. The summed E-state index contributed by atoms with van der Waals surface area (Å²) in [5.74, 6) is 0.393. The summed E-state index contributed by atoms with van der Waals surface area (Å²) in [6.45, 7) is 8.72.